The van der Waals surface area contributed by atoms with Crippen molar-refractivity contribution < 1.29 is 29.2 Å². The fourth-order valence-corrected chi connectivity index (χ4v) is 4.58. The molecule has 3 N–H and O–H groups in total. The third-order valence-corrected chi connectivity index (χ3v) is 5.90. The largest absolute Gasteiger partial charge is 0.507 e. The molecular formula is C24H27N3O6. The molecule has 9 nitrogen and oxygen atoms in total. The molecular weight excluding hydrogens is 426 g/mol. The fraction of sp³-hybridized carbons (Fsp3) is 0.333. The molecule has 0 aliphatic carbocycles. The monoisotopic (exact) mass is 453 g/mol. The highest BCUT2D eigenvalue weighted by atomic mass is 16.5. The summed E-state index contributed by atoms with van der Waals surface area (Å²) in [4.78, 5) is 14.8. The van der Waals surface area contributed by atoms with E-state index in [9.17, 15) is 15.0 Å². The van der Waals surface area contributed by atoms with Crippen LogP contribution in [-0.2, 0) is 0 Å². The predicted octanol–water partition coefficient (Wildman–Crippen LogP) is 2.96. The van der Waals surface area contributed by atoms with Crippen LogP contribution in [0.2, 0.25) is 0 Å². The Balaban J connectivity index is 1.98. The molecule has 1 aliphatic heterocycles. The lowest BCUT2D eigenvalue weighted by molar-refractivity contribution is 0.0706. The predicted molar refractivity (Wildman–Crippen MR) is 121 cm³/mol. The van der Waals surface area contributed by atoms with E-state index in [4.69, 9.17) is 14.2 Å². The normalized spacial score (nSPS) is 15.0. The molecule has 33 heavy (non-hydrogen) atoms. The molecule has 2 heterocycles. The summed E-state index contributed by atoms with van der Waals surface area (Å²) in [5.41, 5.74) is 4.40. The Morgan fingerprint density at radius 2 is 1.73 bits per heavy atom. The number of hydrogen-bond acceptors (Lipinski definition) is 7. The molecule has 1 aromatic heterocycles. The van der Waals surface area contributed by atoms with E-state index in [-0.39, 0.29) is 24.8 Å². The Kier molecular flexibility index (Phi) is 5.90. The molecule has 0 fully saturated rings. The van der Waals surface area contributed by atoms with Gasteiger partial charge in [0, 0.05) is 17.7 Å². The van der Waals surface area contributed by atoms with Crippen LogP contribution in [0.1, 0.15) is 38.8 Å². The summed E-state index contributed by atoms with van der Waals surface area (Å²) >= 11 is 0. The molecule has 0 saturated heterocycles. The van der Waals surface area contributed by atoms with Gasteiger partial charge >= 0.3 is 0 Å². The Labute approximate surface area is 191 Å². The summed E-state index contributed by atoms with van der Waals surface area (Å²) < 4.78 is 16.5. The minimum Gasteiger partial charge on any atom is -0.507 e. The van der Waals surface area contributed by atoms with Gasteiger partial charge in [0.05, 0.1) is 34.0 Å². The maximum Gasteiger partial charge on any atom is 0.273 e. The molecule has 0 unspecified atom stereocenters. The zero-order valence-electron chi connectivity index (χ0n) is 19.2. The Morgan fingerprint density at radius 1 is 1.06 bits per heavy atom. The number of rotatable bonds is 7. The number of β-amino-alcohol motifs (C(OH)–C–C–N with tert-alkyl or cyclic N) is 1. The number of amides is 1. The smallest absolute Gasteiger partial charge is 0.273 e. The van der Waals surface area contributed by atoms with Crippen LogP contribution in [0, 0.1) is 13.8 Å². The molecule has 9 heteroatoms. The molecule has 0 spiro atoms. The summed E-state index contributed by atoms with van der Waals surface area (Å²) in [6, 6.07) is 6.57. The Morgan fingerprint density at radius 3 is 2.27 bits per heavy atom. The Bertz CT molecular complexity index is 1170. The number of ether oxygens (including phenoxy) is 3. The second-order valence-corrected chi connectivity index (χ2v) is 7.92. The third kappa shape index (κ3) is 3.54. The van der Waals surface area contributed by atoms with E-state index in [0.717, 1.165) is 11.1 Å². The van der Waals surface area contributed by atoms with E-state index in [2.05, 4.69) is 10.2 Å². The zero-order valence-corrected chi connectivity index (χ0v) is 19.2. The first-order valence-corrected chi connectivity index (χ1v) is 10.5. The van der Waals surface area contributed by atoms with E-state index in [1.165, 1.54) is 21.3 Å². The second kappa shape index (κ2) is 8.67. The highest BCUT2D eigenvalue weighted by Gasteiger charge is 2.43. The van der Waals surface area contributed by atoms with Gasteiger partial charge in [0.25, 0.3) is 5.91 Å². The highest BCUT2D eigenvalue weighted by Crippen LogP contribution is 2.48. The number of methoxy groups -OCH3 is 3. The van der Waals surface area contributed by atoms with Crippen molar-refractivity contribution in [1.29, 1.82) is 0 Å². The Hall–Kier alpha value is -3.72. The summed E-state index contributed by atoms with van der Waals surface area (Å²) in [6.07, 6.45) is 0. The van der Waals surface area contributed by atoms with Gasteiger partial charge in [0.15, 0.2) is 11.5 Å². The number of carbonyl (C=O) groups excluding carboxylic acids is 1. The van der Waals surface area contributed by atoms with Gasteiger partial charge in [-0.15, -0.1) is 0 Å². The van der Waals surface area contributed by atoms with Crippen molar-refractivity contribution in [3.8, 4) is 34.3 Å². The van der Waals surface area contributed by atoms with Gasteiger partial charge in [-0.25, -0.2) is 0 Å². The molecule has 1 atom stereocenters. The molecule has 174 valence electrons. The van der Waals surface area contributed by atoms with Crippen LogP contribution < -0.4 is 14.2 Å². The molecule has 1 amide bonds. The van der Waals surface area contributed by atoms with Gasteiger partial charge in [-0.05, 0) is 48.7 Å². The first-order valence-electron chi connectivity index (χ1n) is 10.5. The van der Waals surface area contributed by atoms with E-state index in [0.29, 0.717) is 45.3 Å². The van der Waals surface area contributed by atoms with E-state index in [1.807, 2.05) is 19.9 Å². The number of aromatic amines is 1. The third-order valence-electron chi connectivity index (χ3n) is 5.90. The topological polar surface area (TPSA) is 117 Å². The number of hydrogen-bond donors (Lipinski definition) is 3. The van der Waals surface area contributed by atoms with Crippen LogP contribution in [-0.4, -0.2) is 65.7 Å². The average molecular weight is 453 g/mol. The number of aromatic nitrogens is 2. The van der Waals surface area contributed by atoms with Gasteiger partial charge in [0.1, 0.15) is 17.1 Å². The minimum atomic E-state index is -0.595. The minimum absolute atomic E-state index is 0.0819. The number of fused-ring (bicyclic) bond motifs is 1. The average Bonchev–Trinajstić information content (AvgIpc) is 3.31. The van der Waals surface area contributed by atoms with Gasteiger partial charge in [-0.2, -0.15) is 5.10 Å². The molecule has 4 rings (SSSR count). The lowest BCUT2D eigenvalue weighted by Gasteiger charge is -2.27. The molecule has 1 aliphatic rings. The van der Waals surface area contributed by atoms with Gasteiger partial charge in [-0.1, -0.05) is 6.07 Å². The van der Waals surface area contributed by atoms with Gasteiger partial charge in [-0.3, -0.25) is 9.89 Å². The van der Waals surface area contributed by atoms with E-state index in [1.54, 1.807) is 23.1 Å². The number of aliphatic hydroxyl groups is 1. The summed E-state index contributed by atoms with van der Waals surface area (Å²) in [5, 5.41) is 27.7. The molecule has 0 saturated carbocycles. The van der Waals surface area contributed by atoms with Crippen molar-refractivity contribution in [3.63, 3.8) is 0 Å². The van der Waals surface area contributed by atoms with Crippen molar-refractivity contribution in [2.45, 2.75) is 19.9 Å². The number of nitrogens with zero attached hydrogens (tertiary/aromatic N) is 2. The number of phenols is 1. The van der Waals surface area contributed by atoms with Gasteiger partial charge < -0.3 is 29.3 Å². The van der Waals surface area contributed by atoms with E-state index >= 15 is 0 Å². The molecule has 0 radical (unpaired) electrons. The first kappa shape index (κ1) is 22.5. The standard InChI is InChI=1S/C24H27N3O6/c1-12-8-13(2)18(15(29)9-12)20-19-21(26-25-20)24(30)27(6-7-28)22(19)14-10-16(31-3)23(33-5)17(11-14)32-4/h8-11,22,28-29H,6-7H2,1-5H3,(H,25,26)/t22-/m1/s1. The number of nitrogens with one attached hydrogen (secondary N) is 1. The van der Waals surface area contributed by atoms with Crippen molar-refractivity contribution in [2.24, 2.45) is 0 Å². The summed E-state index contributed by atoms with van der Waals surface area (Å²) in [7, 11) is 4.57. The van der Waals surface area contributed by atoms with Crippen LogP contribution in [0.3, 0.4) is 0 Å². The van der Waals surface area contributed by atoms with Crippen LogP contribution in [0.25, 0.3) is 11.3 Å². The molecule has 3 aromatic rings. The number of carbonyl (C=O) groups is 1. The SMILES string of the molecule is COc1cc([C@@H]2c3c(-c4c(C)cc(C)cc4O)n[nH]c3C(=O)N2CCO)cc(OC)c1OC. The number of phenolic OH excluding ortho intramolecular Hbond substituents is 1. The van der Waals surface area contributed by atoms with E-state index < -0.39 is 6.04 Å². The second-order valence-electron chi connectivity index (χ2n) is 7.92. The number of aryl methyl sites for hydroxylation is 2. The highest BCUT2D eigenvalue weighted by molar-refractivity contribution is 6.00. The van der Waals surface area contributed by atoms with Crippen molar-refractivity contribution >= 4 is 5.91 Å². The van der Waals surface area contributed by atoms with Crippen LogP contribution >= 0.6 is 0 Å². The number of benzene rings is 2. The quantitative estimate of drug-likeness (QED) is 0.503. The first-order chi connectivity index (χ1) is 15.9. The summed E-state index contributed by atoms with van der Waals surface area (Å²) in [5.74, 6) is 1.10. The number of aliphatic hydroxyl groups excluding tert-OH is 1. The fourth-order valence-electron chi connectivity index (χ4n) is 4.58. The lowest BCUT2D eigenvalue weighted by Crippen LogP contribution is -2.32. The van der Waals surface area contributed by atoms with Gasteiger partial charge in [0.2, 0.25) is 5.75 Å². The number of aromatic hydroxyl groups is 1. The van der Waals surface area contributed by atoms with Crippen LogP contribution in [0.15, 0.2) is 24.3 Å². The summed E-state index contributed by atoms with van der Waals surface area (Å²) in [6.45, 7) is 3.69. The lowest BCUT2D eigenvalue weighted by atomic mass is 9.92. The van der Waals surface area contributed by atoms with Crippen LogP contribution in [0.5, 0.6) is 23.0 Å². The maximum atomic E-state index is 13.3. The molecule has 2 aromatic carbocycles. The van der Waals surface area contributed by atoms with Crippen LogP contribution in [0.4, 0.5) is 0 Å². The van der Waals surface area contributed by atoms with Crippen molar-refractivity contribution in [2.75, 3.05) is 34.5 Å². The maximum absolute atomic E-state index is 13.3. The number of H-pyrrole nitrogens is 1. The van der Waals surface area contributed by atoms with Crippen molar-refractivity contribution in [1.82, 2.24) is 15.1 Å². The zero-order chi connectivity index (χ0) is 23.9. The van der Waals surface area contributed by atoms with Crippen molar-refractivity contribution in [3.05, 3.63) is 52.2 Å². The molecule has 0 bridgehead atoms.